The standard InChI is InChI=1S/C18H17ClN2O2S/c1-18(23-2,12-6-5-7-13(19)10-12)11-20-16(22)17-21-14-8-3-4-9-15(14)24-17/h3-10H,11H2,1-2H3,(H,20,22). The van der Waals surface area contributed by atoms with Gasteiger partial charge in [-0.05, 0) is 36.8 Å². The number of carbonyl (C=O) groups is 1. The van der Waals surface area contributed by atoms with Crippen LogP contribution in [0.4, 0.5) is 0 Å². The number of methoxy groups -OCH3 is 1. The average Bonchev–Trinajstić information content (AvgIpc) is 3.03. The van der Waals surface area contributed by atoms with Gasteiger partial charge in [-0.1, -0.05) is 35.9 Å². The van der Waals surface area contributed by atoms with Crippen LogP contribution in [0.5, 0.6) is 0 Å². The summed E-state index contributed by atoms with van der Waals surface area (Å²) >= 11 is 7.44. The van der Waals surface area contributed by atoms with E-state index in [0.29, 0.717) is 16.6 Å². The molecule has 1 atom stereocenters. The third kappa shape index (κ3) is 3.43. The van der Waals surface area contributed by atoms with Crippen molar-refractivity contribution < 1.29 is 9.53 Å². The number of amides is 1. The molecule has 3 rings (SSSR count). The lowest BCUT2D eigenvalue weighted by molar-refractivity contribution is 0.00315. The van der Waals surface area contributed by atoms with Crippen molar-refractivity contribution >= 4 is 39.1 Å². The van der Waals surface area contributed by atoms with Crippen LogP contribution in [-0.4, -0.2) is 24.5 Å². The molecule has 1 amide bonds. The van der Waals surface area contributed by atoms with Crippen molar-refractivity contribution in [2.75, 3.05) is 13.7 Å². The van der Waals surface area contributed by atoms with E-state index in [-0.39, 0.29) is 5.91 Å². The van der Waals surface area contributed by atoms with Crippen molar-refractivity contribution in [3.63, 3.8) is 0 Å². The second-order valence-electron chi connectivity index (χ2n) is 5.61. The first-order chi connectivity index (χ1) is 11.5. The summed E-state index contributed by atoms with van der Waals surface area (Å²) in [6.45, 7) is 2.23. The second kappa shape index (κ2) is 6.89. The van der Waals surface area contributed by atoms with Crippen LogP contribution >= 0.6 is 22.9 Å². The number of benzene rings is 2. The summed E-state index contributed by atoms with van der Waals surface area (Å²) in [4.78, 5) is 16.8. The maximum Gasteiger partial charge on any atom is 0.280 e. The quantitative estimate of drug-likeness (QED) is 0.740. The van der Waals surface area contributed by atoms with E-state index in [0.717, 1.165) is 15.8 Å². The van der Waals surface area contributed by atoms with Gasteiger partial charge >= 0.3 is 0 Å². The molecule has 1 N–H and O–H groups in total. The number of nitrogens with one attached hydrogen (secondary N) is 1. The number of hydrogen-bond donors (Lipinski definition) is 1. The van der Waals surface area contributed by atoms with E-state index < -0.39 is 5.60 Å². The number of thiazole rings is 1. The molecule has 2 aromatic carbocycles. The van der Waals surface area contributed by atoms with E-state index in [1.807, 2.05) is 49.4 Å². The van der Waals surface area contributed by atoms with Crippen LogP contribution in [0.2, 0.25) is 5.02 Å². The summed E-state index contributed by atoms with van der Waals surface area (Å²) in [6.07, 6.45) is 0. The minimum Gasteiger partial charge on any atom is -0.372 e. The minimum absolute atomic E-state index is 0.207. The van der Waals surface area contributed by atoms with E-state index in [1.54, 1.807) is 13.2 Å². The van der Waals surface area contributed by atoms with Crippen molar-refractivity contribution in [2.45, 2.75) is 12.5 Å². The molecule has 24 heavy (non-hydrogen) atoms. The maximum absolute atomic E-state index is 12.4. The van der Waals surface area contributed by atoms with Crippen molar-refractivity contribution in [1.82, 2.24) is 10.3 Å². The van der Waals surface area contributed by atoms with Crippen LogP contribution in [-0.2, 0) is 10.3 Å². The second-order valence-corrected chi connectivity index (χ2v) is 7.08. The monoisotopic (exact) mass is 360 g/mol. The van der Waals surface area contributed by atoms with E-state index in [4.69, 9.17) is 16.3 Å². The first-order valence-electron chi connectivity index (χ1n) is 7.47. The highest BCUT2D eigenvalue weighted by molar-refractivity contribution is 7.20. The lowest BCUT2D eigenvalue weighted by Crippen LogP contribution is -2.40. The molecule has 0 aliphatic rings. The first-order valence-corrected chi connectivity index (χ1v) is 8.66. The molecule has 0 spiro atoms. The Morgan fingerprint density at radius 3 is 2.79 bits per heavy atom. The van der Waals surface area contributed by atoms with Gasteiger partial charge in [-0.3, -0.25) is 4.79 Å². The van der Waals surface area contributed by atoms with E-state index in [2.05, 4.69) is 10.3 Å². The van der Waals surface area contributed by atoms with Gasteiger partial charge in [-0.15, -0.1) is 11.3 Å². The Morgan fingerprint density at radius 1 is 1.29 bits per heavy atom. The van der Waals surface area contributed by atoms with Crippen LogP contribution in [0.1, 0.15) is 22.3 Å². The Hall–Kier alpha value is -1.95. The van der Waals surface area contributed by atoms with Gasteiger partial charge in [0.2, 0.25) is 0 Å². The Bertz CT molecular complexity index is 847. The van der Waals surface area contributed by atoms with E-state index in [1.165, 1.54) is 11.3 Å². The molecule has 0 aliphatic carbocycles. The van der Waals surface area contributed by atoms with E-state index >= 15 is 0 Å². The average molecular weight is 361 g/mol. The molecule has 6 heteroatoms. The Balaban J connectivity index is 1.76. The van der Waals surface area contributed by atoms with Crippen molar-refractivity contribution in [3.05, 3.63) is 64.1 Å². The van der Waals surface area contributed by atoms with Crippen molar-refractivity contribution in [2.24, 2.45) is 0 Å². The van der Waals surface area contributed by atoms with Crippen molar-refractivity contribution in [1.29, 1.82) is 0 Å². The van der Waals surface area contributed by atoms with Gasteiger partial charge in [0.1, 0.15) is 5.60 Å². The molecule has 0 aliphatic heterocycles. The number of aromatic nitrogens is 1. The fourth-order valence-corrected chi connectivity index (χ4v) is 3.48. The number of fused-ring (bicyclic) bond motifs is 1. The third-order valence-corrected chi connectivity index (χ3v) is 5.23. The number of hydrogen-bond acceptors (Lipinski definition) is 4. The number of ether oxygens (including phenoxy) is 1. The summed E-state index contributed by atoms with van der Waals surface area (Å²) in [5.41, 5.74) is 1.07. The van der Waals surface area contributed by atoms with Gasteiger partial charge in [0.25, 0.3) is 5.91 Å². The minimum atomic E-state index is -0.669. The zero-order valence-corrected chi connectivity index (χ0v) is 14.9. The maximum atomic E-state index is 12.4. The van der Waals surface area contributed by atoms with Crippen LogP contribution in [0.3, 0.4) is 0 Å². The zero-order valence-electron chi connectivity index (χ0n) is 13.4. The van der Waals surface area contributed by atoms with Gasteiger partial charge < -0.3 is 10.1 Å². The molecule has 3 aromatic rings. The van der Waals surface area contributed by atoms with Gasteiger partial charge in [-0.2, -0.15) is 0 Å². The highest BCUT2D eigenvalue weighted by Gasteiger charge is 2.27. The summed E-state index contributed by atoms with van der Waals surface area (Å²) in [6, 6.07) is 15.1. The SMILES string of the molecule is COC(C)(CNC(=O)c1nc2ccccc2s1)c1cccc(Cl)c1. The molecule has 1 aromatic heterocycles. The van der Waals surface area contributed by atoms with Crippen LogP contribution in [0.15, 0.2) is 48.5 Å². The lowest BCUT2D eigenvalue weighted by Gasteiger charge is -2.29. The molecular formula is C18H17ClN2O2S. The van der Waals surface area contributed by atoms with Gasteiger partial charge in [-0.25, -0.2) is 4.98 Å². The predicted molar refractivity (Wildman–Crippen MR) is 97.8 cm³/mol. The molecule has 1 heterocycles. The van der Waals surface area contributed by atoms with E-state index in [9.17, 15) is 4.79 Å². The first kappa shape index (κ1) is 16.9. The number of nitrogens with zero attached hydrogens (tertiary/aromatic N) is 1. The summed E-state index contributed by atoms with van der Waals surface area (Å²) in [5, 5.41) is 3.99. The zero-order chi connectivity index (χ0) is 17.2. The smallest absolute Gasteiger partial charge is 0.280 e. The van der Waals surface area contributed by atoms with Crippen LogP contribution in [0, 0.1) is 0 Å². The molecular weight excluding hydrogens is 344 g/mol. The molecule has 4 nitrogen and oxygen atoms in total. The van der Waals surface area contributed by atoms with Gasteiger partial charge in [0.15, 0.2) is 5.01 Å². The fraction of sp³-hybridized carbons (Fsp3) is 0.222. The number of para-hydroxylation sites is 1. The Kier molecular flexibility index (Phi) is 4.85. The summed E-state index contributed by atoms with van der Waals surface area (Å²) in [7, 11) is 1.62. The van der Waals surface area contributed by atoms with Crippen LogP contribution in [0.25, 0.3) is 10.2 Å². The molecule has 0 radical (unpaired) electrons. The van der Waals surface area contributed by atoms with Gasteiger partial charge in [0, 0.05) is 12.1 Å². The third-order valence-electron chi connectivity index (χ3n) is 3.96. The van der Waals surface area contributed by atoms with Gasteiger partial charge in [0.05, 0.1) is 16.8 Å². The Labute approximate surface area is 149 Å². The Morgan fingerprint density at radius 2 is 2.08 bits per heavy atom. The molecule has 0 saturated heterocycles. The molecule has 0 bridgehead atoms. The molecule has 124 valence electrons. The molecule has 0 saturated carbocycles. The summed E-state index contributed by atoms with van der Waals surface area (Å²) < 4.78 is 6.63. The van der Waals surface area contributed by atoms with Crippen molar-refractivity contribution in [3.8, 4) is 0 Å². The predicted octanol–water partition coefficient (Wildman–Crippen LogP) is 4.24. The highest BCUT2D eigenvalue weighted by Crippen LogP contribution is 2.27. The number of carbonyl (C=O) groups excluding carboxylic acids is 1. The topological polar surface area (TPSA) is 51.2 Å². The fourth-order valence-electron chi connectivity index (χ4n) is 2.40. The molecule has 1 unspecified atom stereocenters. The molecule has 0 fully saturated rings. The lowest BCUT2D eigenvalue weighted by atomic mass is 9.95. The normalized spacial score (nSPS) is 13.6. The number of rotatable bonds is 5. The largest absolute Gasteiger partial charge is 0.372 e. The van der Waals surface area contributed by atoms with Crippen LogP contribution < -0.4 is 5.32 Å². The number of halogens is 1. The highest BCUT2D eigenvalue weighted by atomic mass is 35.5. The summed E-state index contributed by atoms with van der Waals surface area (Å²) in [5.74, 6) is -0.207.